The van der Waals surface area contributed by atoms with Crippen LogP contribution in [0.15, 0.2) is 55.1 Å². The van der Waals surface area contributed by atoms with Gasteiger partial charge in [-0.15, -0.1) is 0 Å². The third-order valence-corrected chi connectivity index (χ3v) is 6.53. The summed E-state index contributed by atoms with van der Waals surface area (Å²) in [6.07, 6.45) is 0.871. The average Bonchev–Trinajstić information content (AvgIpc) is 2.88. The van der Waals surface area contributed by atoms with E-state index in [9.17, 15) is 19.1 Å². The summed E-state index contributed by atoms with van der Waals surface area (Å²) in [5, 5.41) is 12.4. The predicted molar refractivity (Wildman–Crippen MR) is 137 cm³/mol. The summed E-state index contributed by atoms with van der Waals surface area (Å²) in [5.41, 5.74) is 1.73. The Morgan fingerprint density at radius 1 is 1.25 bits per heavy atom. The van der Waals surface area contributed by atoms with Crippen molar-refractivity contribution in [1.82, 2.24) is 15.1 Å². The Balaban J connectivity index is 1.73. The second kappa shape index (κ2) is 12.6. The molecule has 1 heterocycles. The number of aliphatic hydroxyl groups is 1. The third kappa shape index (κ3) is 7.15. The zero-order valence-corrected chi connectivity index (χ0v) is 21.2. The topological polar surface area (TPSA) is 82.1 Å². The Labute approximate surface area is 212 Å². The van der Waals surface area contributed by atoms with Crippen molar-refractivity contribution in [2.75, 3.05) is 32.7 Å². The minimum Gasteiger partial charge on any atom is -0.484 e. The van der Waals surface area contributed by atoms with E-state index in [1.165, 1.54) is 12.1 Å². The van der Waals surface area contributed by atoms with Crippen LogP contribution in [-0.2, 0) is 4.79 Å². The Bertz CT molecular complexity index is 1060. The van der Waals surface area contributed by atoms with Crippen LogP contribution in [-0.4, -0.2) is 71.6 Å². The molecule has 1 aliphatic heterocycles. The van der Waals surface area contributed by atoms with Gasteiger partial charge in [0.1, 0.15) is 17.7 Å². The molecule has 2 aromatic rings. The van der Waals surface area contributed by atoms with Gasteiger partial charge in [-0.3, -0.25) is 14.5 Å². The van der Waals surface area contributed by atoms with E-state index in [4.69, 9.17) is 4.74 Å². The number of hydrogen-bond acceptors (Lipinski definition) is 5. The first-order chi connectivity index (χ1) is 17.2. The summed E-state index contributed by atoms with van der Waals surface area (Å²) in [7, 11) is 0. The lowest BCUT2D eigenvalue weighted by Gasteiger charge is -2.40. The van der Waals surface area contributed by atoms with E-state index in [2.05, 4.69) is 16.8 Å². The van der Waals surface area contributed by atoms with Crippen molar-refractivity contribution in [3.05, 3.63) is 77.6 Å². The number of aryl methyl sites for hydroxylation is 1. The van der Waals surface area contributed by atoms with Gasteiger partial charge in [-0.25, -0.2) is 4.39 Å². The van der Waals surface area contributed by atoms with Gasteiger partial charge in [0, 0.05) is 44.3 Å². The normalized spacial score (nSPS) is 17.8. The fourth-order valence-electron chi connectivity index (χ4n) is 4.20. The van der Waals surface area contributed by atoms with Crippen LogP contribution in [0.1, 0.15) is 47.9 Å². The highest BCUT2D eigenvalue weighted by Gasteiger charge is 2.28. The highest BCUT2D eigenvalue weighted by molar-refractivity contribution is 5.94. The van der Waals surface area contributed by atoms with Crippen LogP contribution in [0.3, 0.4) is 0 Å². The molecule has 3 atom stereocenters. The molecule has 0 spiro atoms. The van der Waals surface area contributed by atoms with Crippen molar-refractivity contribution in [3.63, 3.8) is 0 Å². The molecule has 2 aromatic carbocycles. The number of ether oxygens (including phenoxy) is 1. The van der Waals surface area contributed by atoms with Crippen LogP contribution in [0.2, 0.25) is 0 Å². The lowest BCUT2D eigenvalue weighted by molar-refractivity contribution is -0.130. The minimum atomic E-state index is -0.577. The molecular formula is C28H36FN3O4. The molecule has 0 unspecified atom stereocenters. The number of halogens is 1. The van der Waals surface area contributed by atoms with Gasteiger partial charge in [0.15, 0.2) is 0 Å². The molecule has 1 saturated heterocycles. The number of piperazine rings is 1. The summed E-state index contributed by atoms with van der Waals surface area (Å²) in [5.74, 6) is -0.0900. The number of amides is 2. The molecule has 0 bridgehead atoms. The molecular weight excluding hydrogens is 461 g/mol. The summed E-state index contributed by atoms with van der Waals surface area (Å²) in [4.78, 5) is 28.4. The quantitative estimate of drug-likeness (QED) is 0.492. The van der Waals surface area contributed by atoms with Crippen LogP contribution in [0.25, 0.3) is 0 Å². The number of nitrogens with zero attached hydrogens (tertiary/aromatic N) is 2. The summed E-state index contributed by atoms with van der Waals surface area (Å²) < 4.78 is 20.7. The van der Waals surface area contributed by atoms with Crippen LogP contribution in [0.5, 0.6) is 5.75 Å². The fourth-order valence-corrected chi connectivity index (χ4v) is 4.20. The molecule has 2 N–H and O–H groups in total. The van der Waals surface area contributed by atoms with E-state index >= 15 is 0 Å². The molecule has 7 nitrogen and oxygen atoms in total. The molecule has 8 heteroatoms. The van der Waals surface area contributed by atoms with Gasteiger partial charge in [0.05, 0.1) is 6.10 Å². The van der Waals surface area contributed by atoms with Gasteiger partial charge in [0.2, 0.25) is 5.91 Å². The SMILES string of the molecule is C=CC(=O)N1CCN(C[C@H](Oc2ccc(C(=O)NC[C@@H](O)CC)cc2)c2ccc(C)c(F)c2)C[C@H]1C. The molecule has 0 radical (unpaired) electrons. The fraction of sp³-hybridized carbons (Fsp3) is 0.429. The maximum atomic E-state index is 14.4. The highest BCUT2D eigenvalue weighted by atomic mass is 19.1. The van der Waals surface area contributed by atoms with Gasteiger partial charge < -0.3 is 20.1 Å². The molecule has 0 saturated carbocycles. The lowest BCUT2D eigenvalue weighted by atomic mass is 10.0. The van der Waals surface area contributed by atoms with Gasteiger partial charge in [-0.1, -0.05) is 25.6 Å². The lowest BCUT2D eigenvalue weighted by Crippen LogP contribution is -2.54. The van der Waals surface area contributed by atoms with Crippen molar-refractivity contribution in [2.24, 2.45) is 0 Å². The zero-order chi connectivity index (χ0) is 26.2. The second-order valence-corrected chi connectivity index (χ2v) is 9.26. The predicted octanol–water partition coefficient (Wildman–Crippen LogP) is 3.47. The molecule has 0 aliphatic carbocycles. The number of nitrogens with one attached hydrogen (secondary N) is 1. The van der Waals surface area contributed by atoms with Crippen LogP contribution < -0.4 is 10.1 Å². The molecule has 1 fully saturated rings. The maximum absolute atomic E-state index is 14.4. The summed E-state index contributed by atoms with van der Waals surface area (Å²) in [6, 6.07) is 11.9. The van der Waals surface area contributed by atoms with Crippen LogP contribution >= 0.6 is 0 Å². The van der Waals surface area contributed by atoms with Crippen molar-refractivity contribution in [2.45, 2.75) is 45.4 Å². The monoisotopic (exact) mass is 497 g/mol. The molecule has 194 valence electrons. The van der Waals surface area contributed by atoms with Gasteiger partial charge >= 0.3 is 0 Å². The largest absolute Gasteiger partial charge is 0.484 e. The highest BCUT2D eigenvalue weighted by Crippen LogP contribution is 2.26. The maximum Gasteiger partial charge on any atom is 0.251 e. The second-order valence-electron chi connectivity index (χ2n) is 9.26. The Kier molecular flexibility index (Phi) is 9.61. The zero-order valence-electron chi connectivity index (χ0n) is 21.2. The van der Waals surface area contributed by atoms with Gasteiger partial charge in [-0.2, -0.15) is 0 Å². The number of carbonyl (C=O) groups is 2. The van der Waals surface area contributed by atoms with E-state index in [0.29, 0.717) is 55.0 Å². The van der Waals surface area contributed by atoms with Crippen LogP contribution in [0, 0.1) is 12.7 Å². The van der Waals surface area contributed by atoms with E-state index in [-0.39, 0.29) is 30.2 Å². The van der Waals surface area contributed by atoms with E-state index in [1.54, 1.807) is 42.2 Å². The Morgan fingerprint density at radius 2 is 1.97 bits per heavy atom. The van der Waals surface area contributed by atoms with Crippen molar-refractivity contribution in [3.8, 4) is 5.75 Å². The summed E-state index contributed by atoms with van der Waals surface area (Å²) >= 11 is 0. The number of hydrogen-bond donors (Lipinski definition) is 2. The minimum absolute atomic E-state index is 0.0173. The van der Waals surface area contributed by atoms with Crippen molar-refractivity contribution >= 4 is 11.8 Å². The first-order valence-electron chi connectivity index (χ1n) is 12.4. The average molecular weight is 498 g/mol. The number of aliphatic hydroxyl groups excluding tert-OH is 1. The number of benzene rings is 2. The standard InChI is InChI=1S/C28H36FN3O4/c1-5-23(33)16-30-28(35)21-9-11-24(12-10-21)36-26(22-8-7-19(3)25(29)15-22)18-31-13-14-32(20(4)17-31)27(34)6-2/h6-12,15,20,23,26,33H,2,5,13-14,16-18H2,1,3-4H3,(H,30,35)/t20-,23+,26+/m1/s1. The number of carbonyl (C=O) groups excluding carboxylic acids is 2. The van der Waals surface area contributed by atoms with Crippen LogP contribution in [0.4, 0.5) is 4.39 Å². The first-order valence-corrected chi connectivity index (χ1v) is 12.4. The summed E-state index contributed by atoms with van der Waals surface area (Å²) in [6.45, 7) is 11.8. The van der Waals surface area contributed by atoms with E-state index in [1.807, 2.05) is 19.9 Å². The van der Waals surface area contributed by atoms with E-state index in [0.717, 1.165) is 0 Å². The third-order valence-electron chi connectivity index (χ3n) is 6.53. The Morgan fingerprint density at radius 3 is 2.58 bits per heavy atom. The molecule has 1 aliphatic rings. The molecule has 2 amide bonds. The smallest absolute Gasteiger partial charge is 0.251 e. The first kappa shape index (κ1) is 27.4. The van der Waals surface area contributed by atoms with Crippen molar-refractivity contribution < 1.29 is 23.8 Å². The molecule has 3 rings (SSSR count). The number of rotatable bonds is 10. The Hall–Kier alpha value is -3.23. The van der Waals surface area contributed by atoms with Gasteiger partial charge in [-0.05, 0) is 67.8 Å². The van der Waals surface area contributed by atoms with E-state index < -0.39 is 12.2 Å². The molecule has 0 aromatic heterocycles. The van der Waals surface area contributed by atoms with Gasteiger partial charge in [0.25, 0.3) is 5.91 Å². The van der Waals surface area contributed by atoms with Crippen molar-refractivity contribution in [1.29, 1.82) is 0 Å². The molecule has 36 heavy (non-hydrogen) atoms.